The number of rotatable bonds is 2. The number of amides is 1. The molecule has 1 aromatic rings. The molecule has 2 fully saturated rings. The largest absolute Gasteiger partial charge is 0.444 e. The maximum Gasteiger partial charge on any atom is 0.410 e. The predicted octanol–water partition coefficient (Wildman–Crippen LogP) is 4.94. The van der Waals surface area contributed by atoms with E-state index in [0.717, 1.165) is 38.8 Å². The molecule has 1 amide bonds. The summed E-state index contributed by atoms with van der Waals surface area (Å²) in [5.41, 5.74) is -0.517. The van der Waals surface area contributed by atoms with Gasteiger partial charge in [-0.25, -0.2) is 13.6 Å². The summed E-state index contributed by atoms with van der Waals surface area (Å²) in [7, 11) is 0. The van der Waals surface area contributed by atoms with Crippen molar-refractivity contribution < 1.29 is 18.3 Å². The van der Waals surface area contributed by atoms with Crippen LogP contribution >= 0.6 is 15.9 Å². The van der Waals surface area contributed by atoms with Crippen molar-refractivity contribution in [2.24, 2.45) is 5.41 Å². The van der Waals surface area contributed by atoms with Crippen LogP contribution < -0.4 is 0 Å². The zero-order valence-corrected chi connectivity index (χ0v) is 16.4. The molecule has 1 aromatic heterocycles. The molecule has 0 unspecified atom stereocenters. The van der Waals surface area contributed by atoms with E-state index in [0.29, 0.717) is 4.47 Å². The van der Waals surface area contributed by atoms with Crippen LogP contribution in [0.25, 0.3) is 0 Å². The molecule has 0 bridgehead atoms. The fraction of sp³-hybridized carbons (Fsp3) is 0.765. The number of hydrogen-bond donors (Lipinski definition) is 0. The van der Waals surface area contributed by atoms with Crippen LogP contribution in [0.2, 0.25) is 0 Å². The number of alkyl halides is 2. The first kappa shape index (κ1) is 18.6. The van der Waals surface area contributed by atoms with Gasteiger partial charge in [0.25, 0.3) is 6.43 Å². The smallest absolute Gasteiger partial charge is 0.410 e. The zero-order chi connectivity index (χ0) is 18.4. The molecular formula is C17H24BrF2N3O2. The maximum absolute atomic E-state index is 12.9. The summed E-state index contributed by atoms with van der Waals surface area (Å²) >= 11 is 3.16. The Morgan fingerprint density at radius 3 is 2.44 bits per heavy atom. The Labute approximate surface area is 154 Å². The Morgan fingerprint density at radius 1 is 1.36 bits per heavy atom. The van der Waals surface area contributed by atoms with Crippen LogP contribution in [-0.2, 0) is 4.74 Å². The Hall–Kier alpha value is -1.18. The van der Waals surface area contributed by atoms with Crippen LogP contribution in [0, 0.1) is 5.41 Å². The minimum atomic E-state index is -2.57. The van der Waals surface area contributed by atoms with Crippen molar-refractivity contribution in [2.45, 2.75) is 64.5 Å². The van der Waals surface area contributed by atoms with Crippen LogP contribution in [0.15, 0.2) is 10.7 Å². The quantitative estimate of drug-likeness (QED) is 0.682. The zero-order valence-electron chi connectivity index (χ0n) is 14.8. The van der Waals surface area contributed by atoms with Crippen LogP contribution in [0.1, 0.15) is 64.6 Å². The summed E-state index contributed by atoms with van der Waals surface area (Å²) in [6, 6.07) is 0.144. The van der Waals surface area contributed by atoms with Crippen molar-refractivity contribution in [3.63, 3.8) is 0 Å². The minimum absolute atomic E-state index is 0.144. The molecule has 1 spiro atoms. The SMILES string of the molecule is CC(C)(C)OC(=O)N1CC2(CCC(n3cc(Br)c(C(F)F)n3)CC2)C1. The number of carbonyl (C=O) groups is 1. The lowest BCUT2D eigenvalue weighted by molar-refractivity contribution is -0.0539. The van der Waals surface area contributed by atoms with Gasteiger partial charge in [0, 0.05) is 24.7 Å². The molecule has 2 aliphatic rings. The first-order chi connectivity index (χ1) is 11.6. The number of ether oxygens (including phenoxy) is 1. The van der Waals surface area contributed by atoms with E-state index < -0.39 is 12.0 Å². The van der Waals surface area contributed by atoms with Gasteiger partial charge in [0.05, 0.1) is 10.5 Å². The number of likely N-dealkylation sites (tertiary alicyclic amines) is 1. The molecule has 1 saturated heterocycles. The third kappa shape index (κ3) is 3.99. The van der Waals surface area contributed by atoms with Gasteiger partial charge >= 0.3 is 6.09 Å². The van der Waals surface area contributed by atoms with Crippen molar-refractivity contribution in [2.75, 3.05) is 13.1 Å². The highest BCUT2D eigenvalue weighted by molar-refractivity contribution is 9.10. The maximum atomic E-state index is 12.9. The van der Waals surface area contributed by atoms with Gasteiger partial charge in [-0.15, -0.1) is 0 Å². The highest BCUT2D eigenvalue weighted by atomic mass is 79.9. The van der Waals surface area contributed by atoms with E-state index >= 15 is 0 Å². The van der Waals surface area contributed by atoms with Gasteiger partial charge in [0.2, 0.25) is 0 Å². The van der Waals surface area contributed by atoms with Gasteiger partial charge in [-0.3, -0.25) is 4.68 Å². The van der Waals surface area contributed by atoms with Crippen molar-refractivity contribution >= 4 is 22.0 Å². The van der Waals surface area contributed by atoms with Crippen molar-refractivity contribution in [1.82, 2.24) is 14.7 Å². The Kier molecular flexibility index (Phi) is 4.85. The molecule has 8 heteroatoms. The average Bonchev–Trinajstić information content (AvgIpc) is 2.85. The van der Waals surface area contributed by atoms with Crippen LogP contribution in [0.3, 0.4) is 0 Å². The van der Waals surface area contributed by atoms with E-state index in [1.54, 1.807) is 15.8 Å². The second-order valence-electron chi connectivity index (χ2n) is 8.21. The van der Waals surface area contributed by atoms with Gasteiger partial charge in [-0.1, -0.05) is 0 Å². The first-order valence-corrected chi connectivity index (χ1v) is 9.38. The lowest BCUT2D eigenvalue weighted by Crippen LogP contribution is -2.60. The lowest BCUT2D eigenvalue weighted by atomic mass is 9.67. The molecule has 5 nitrogen and oxygen atoms in total. The number of nitrogens with zero attached hydrogens (tertiary/aromatic N) is 3. The molecule has 25 heavy (non-hydrogen) atoms. The molecule has 0 radical (unpaired) electrons. The standard InChI is InChI=1S/C17H24BrF2N3O2/c1-16(2,3)25-15(24)22-9-17(10-22)6-4-11(5-7-17)23-8-12(18)13(21-23)14(19)20/h8,11,14H,4-7,9-10H2,1-3H3. The number of halogens is 3. The minimum Gasteiger partial charge on any atom is -0.444 e. The van der Waals surface area contributed by atoms with Gasteiger partial charge in [0.1, 0.15) is 11.3 Å². The highest BCUT2D eigenvalue weighted by Gasteiger charge is 2.48. The van der Waals surface area contributed by atoms with Gasteiger partial charge in [0.15, 0.2) is 0 Å². The molecule has 1 saturated carbocycles. The summed E-state index contributed by atoms with van der Waals surface area (Å²) in [4.78, 5) is 13.8. The van der Waals surface area contributed by atoms with E-state index in [1.807, 2.05) is 20.8 Å². The van der Waals surface area contributed by atoms with Crippen molar-refractivity contribution in [1.29, 1.82) is 0 Å². The Morgan fingerprint density at radius 2 is 1.96 bits per heavy atom. The summed E-state index contributed by atoms with van der Waals surface area (Å²) < 4.78 is 33.2. The highest BCUT2D eigenvalue weighted by Crippen LogP contribution is 2.47. The van der Waals surface area contributed by atoms with Crippen molar-refractivity contribution in [3.8, 4) is 0 Å². The number of aromatic nitrogens is 2. The molecular weight excluding hydrogens is 396 g/mol. The van der Waals surface area contributed by atoms with Crippen LogP contribution in [-0.4, -0.2) is 39.5 Å². The average molecular weight is 420 g/mol. The van der Waals surface area contributed by atoms with Crippen molar-refractivity contribution in [3.05, 3.63) is 16.4 Å². The third-order valence-corrected chi connectivity index (χ3v) is 5.63. The monoisotopic (exact) mass is 419 g/mol. The van der Waals surface area contributed by atoms with Crippen LogP contribution in [0.5, 0.6) is 0 Å². The fourth-order valence-electron chi connectivity index (χ4n) is 3.73. The van der Waals surface area contributed by atoms with E-state index in [9.17, 15) is 13.6 Å². The number of hydrogen-bond acceptors (Lipinski definition) is 3. The van der Waals surface area contributed by atoms with E-state index in [1.165, 1.54) is 0 Å². The molecule has 1 aliphatic heterocycles. The lowest BCUT2D eigenvalue weighted by Gasteiger charge is -2.53. The number of carbonyl (C=O) groups excluding carboxylic acids is 1. The van der Waals surface area contributed by atoms with E-state index in [4.69, 9.17) is 4.74 Å². The fourth-order valence-corrected chi connectivity index (χ4v) is 4.20. The molecule has 1 aliphatic carbocycles. The Bertz CT molecular complexity index is 641. The normalized spacial score (nSPS) is 20.8. The van der Waals surface area contributed by atoms with E-state index in [-0.39, 0.29) is 23.2 Å². The topological polar surface area (TPSA) is 47.4 Å². The Balaban J connectivity index is 1.53. The summed E-state index contributed by atoms with van der Waals surface area (Å²) in [6.45, 7) is 7.03. The molecule has 140 valence electrons. The molecule has 0 atom stereocenters. The third-order valence-electron chi connectivity index (χ3n) is 5.01. The molecule has 2 heterocycles. The predicted molar refractivity (Wildman–Crippen MR) is 92.6 cm³/mol. The summed E-state index contributed by atoms with van der Waals surface area (Å²) in [6.07, 6.45) is 2.55. The second kappa shape index (κ2) is 6.52. The van der Waals surface area contributed by atoms with Gasteiger partial charge in [-0.05, 0) is 62.4 Å². The molecule has 0 aromatic carbocycles. The first-order valence-electron chi connectivity index (χ1n) is 8.59. The van der Waals surface area contributed by atoms with Gasteiger partial charge in [-0.2, -0.15) is 5.10 Å². The summed E-state index contributed by atoms with van der Waals surface area (Å²) in [5, 5.41) is 4.04. The van der Waals surface area contributed by atoms with E-state index in [2.05, 4.69) is 21.0 Å². The molecule has 0 N–H and O–H groups in total. The van der Waals surface area contributed by atoms with Gasteiger partial charge < -0.3 is 9.64 Å². The summed E-state index contributed by atoms with van der Waals surface area (Å²) in [5.74, 6) is 0. The molecule has 3 rings (SSSR count). The van der Waals surface area contributed by atoms with Crippen LogP contribution in [0.4, 0.5) is 13.6 Å². The second-order valence-corrected chi connectivity index (χ2v) is 9.06.